The summed E-state index contributed by atoms with van der Waals surface area (Å²) in [6.45, 7) is 1.40. The minimum atomic E-state index is -1.15. The summed E-state index contributed by atoms with van der Waals surface area (Å²) >= 11 is 1.43. The van der Waals surface area contributed by atoms with Crippen molar-refractivity contribution in [2.45, 2.75) is 18.6 Å². The van der Waals surface area contributed by atoms with Crippen molar-refractivity contribution in [3.63, 3.8) is 0 Å². The predicted molar refractivity (Wildman–Crippen MR) is 83.3 cm³/mol. The molecule has 2 unspecified atom stereocenters. The van der Waals surface area contributed by atoms with Gasteiger partial charge in [-0.2, -0.15) is 11.3 Å². The molecule has 0 aliphatic carbocycles. The van der Waals surface area contributed by atoms with Crippen molar-refractivity contribution >= 4 is 23.3 Å². The first kappa shape index (κ1) is 15.6. The fourth-order valence-corrected chi connectivity index (χ4v) is 3.36. The highest BCUT2D eigenvalue weighted by molar-refractivity contribution is 7.08. The molecule has 2 aromatic rings. The molecule has 0 radical (unpaired) electrons. The number of halogens is 1. The summed E-state index contributed by atoms with van der Waals surface area (Å²) in [5, 5.41) is 16.5. The van der Waals surface area contributed by atoms with E-state index >= 15 is 0 Å². The number of urea groups is 1. The van der Waals surface area contributed by atoms with Gasteiger partial charge in [-0.15, -0.1) is 0 Å². The van der Waals surface area contributed by atoms with Crippen LogP contribution in [-0.2, 0) is 10.3 Å². The van der Waals surface area contributed by atoms with Crippen LogP contribution in [0.4, 0.5) is 9.18 Å². The number of β-amino-alcohol motifs (C(OH)–C–C–N with tert-alkyl or cyclic N) is 1. The van der Waals surface area contributed by atoms with Gasteiger partial charge >= 0.3 is 6.03 Å². The van der Waals surface area contributed by atoms with Gasteiger partial charge in [-0.3, -0.25) is 9.69 Å². The molecule has 0 spiro atoms. The Morgan fingerprint density at radius 2 is 2.17 bits per heavy atom. The number of imide groups is 1. The van der Waals surface area contributed by atoms with E-state index in [1.54, 1.807) is 24.4 Å². The van der Waals surface area contributed by atoms with Crippen LogP contribution in [0, 0.1) is 5.82 Å². The second-order valence-electron chi connectivity index (χ2n) is 5.55. The summed E-state index contributed by atoms with van der Waals surface area (Å²) in [4.78, 5) is 25.7. The van der Waals surface area contributed by atoms with Crippen LogP contribution < -0.4 is 5.32 Å². The zero-order valence-corrected chi connectivity index (χ0v) is 13.1. The molecular weight excluding hydrogens is 319 g/mol. The number of aliphatic hydroxyl groups is 1. The zero-order chi connectivity index (χ0) is 16.6. The second-order valence-corrected chi connectivity index (χ2v) is 6.33. The van der Waals surface area contributed by atoms with Crippen LogP contribution in [0.5, 0.6) is 0 Å². The lowest BCUT2D eigenvalue weighted by atomic mass is 9.95. The van der Waals surface area contributed by atoms with E-state index in [-0.39, 0.29) is 6.54 Å². The van der Waals surface area contributed by atoms with Gasteiger partial charge in [-0.25, -0.2) is 9.18 Å². The molecule has 7 heteroatoms. The fraction of sp³-hybridized carbons (Fsp3) is 0.250. The number of hydrogen-bond donors (Lipinski definition) is 2. The van der Waals surface area contributed by atoms with E-state index in [0.29, 0.717) is 11.1 Å². The quantitative estimate of drug-likeness (QED) is 0.844. The Labute approximate surface area is 136 Å². The van der Waals surface area contributed by atoms with E-state index in [4.69, 9.17) is 0 Å². The van der Waals surface area contributed by atoms with Crippen LogP contribution in [0.15, 0.2) is 41.1 Å². The minimum Gasteiger partial charge on any atom is -0.387 e. The number of benzene rings is 1. The van der Waals surface area contributed by atoms with E-state index in [1.807, 2.05) is 5.38 Å². The predicted octanol–water partition coefficient (Wildman–Crippen LogP) is 2.39. The van der Waals surface area contributed by atoms with E-state index < -0.39 is 29.4 Å². The van der Waals surface area contributed by atoms with Crippen molar-refractivity contribution in [1.82, 2.24) is 10.2 Å². The molecule has 3 amide bonds. The van der Waals surface area contributed by atoms with Gasteiger partial charge in [0.1, 0.15) is 11.4 Å². The zero-order valence-electron chi connectivity index (χ0n) is 12.3. The van der Waals surface area contributed by atoms with Crippen LogP contribution in [-0.4, -0.2) is 28.5 Å². The number of carbonyl (C=O) groups is 2. The molecule has 2 N–H and O–H groups in total. The molecule has 1 aromatic heterocycles. The van der Waals surface area contributed by atoms with Gasteiger partial charge in [0.2, 0.25) is 0 Å². The lowest BCUT2D eigenvalue weighted by Gasteiger charge is -2.22. The topological polar surface area (TPSA) is 69.6 Å². The number of nitrogens with zero attached hydrogens (tertiary/aromatic N) is 1. The first-order valence-corrected chi connectivity index (χ1v) is 7.96. The van der Waals surface area contributed by atoms with Crippen LogP contribution in [0.2, 0.25) is 0 Å². The molecule has 3 rings (SSSR count). The standard InChI is InChI=1S/C16H15FN2O3S/c1-16(11-5-6-23-9-11)14(21)19(15(22)18-16)8-13(20)10-3-2-4-12(17)7-10/h2-7,9,13,20H,8H2,1H3,(H,18,22). The number of hydrogen-bond acceptors (Lipinski definition) is 4. The molecular formula is C16H15FN2O3S. The molecule has 23 heavy (non-hydrogen) atoms. The Kier molecular flexibility index (Phi) is 3.91. The third-order valence-corrected chi connectivity index (χ3v) is 4.65. The molecule has 1 aliphatic rings. The Hall–Kier alpha value is -2.25. The summed E-state index contributed by atoms with van der Waals surface area (Å²) < 4.78 is 13.2. The maximum absolute atomic E-state index is 13.2. The molecule has 1 aliphatic heterocycles. The van der Waals surface area contributed by atoms with Gasteiger partial charge in [0.05, 0.1) is 12.6 Å². The Bertz CT molecular complexity index is 750. The maximum Gasteiger partial charge on any atom is 0.325 e. The number of amides is 3. The SMILES string of the molecule is CC1(c2ccsc2)NC(=O)N(CC(O)c2cccc(F)c2)C1=O. The second kappa shape index (κ2) is 5.75. The highest BCUT2D eigenvalue weighted by Gasteiger charge is 2.49. The Morgan fingerprint density at radius 3 is 2.83 bits per heavy atom. The van der Waals surface area contributed by atoms with Gasteiger partial charge in [0, 0.05) is 0 Å². The smallest absolute Gasteiger partial charge is 0.325 e. The highest BCUT2D eigenvalue weighted by atomic mass is 32.1. The summed E-state index contributed by atoms with van der Waals surface area (Å²) in [5.74, 6) is -0.918. The number of carbonyl (C=O) groups excluding carboxylic acids is 2. The summed E-state index contributed by atoms with van der Waals surface area (Å²) in [6.07, 6.45) is -1.15. The van der Waals surface area contributed by atoms with Crippen LogP contribution in [0.3, 0.4) is 0 Å². The molecule has 1 saturated heterocycles. The van der Waals surface area contributed by atoms with Gasteiger partial charge in [-0.05, 0) is 47.0 Å². The molecule has 2 atom stereocenters. The summed E-state index contributed by atoms with van der Waals surface area (Å²) in [6, 6.07) is 6.66. The van der Waals surface area contributed by atoms with Crippen molar-refractivity contribution in [3.8, 4) is 0 Å². The number of rotatable bonds is 4. The van der Waals surface area contributed by atoms with Crippen molar-refractivity contribution < 1.29 is 19.1 Å². The monoisotopic (exact) mass is 334 g/mol. The van der Waals surface area contributed by atoms with Crippen LogP contribution >= 0.6 is 11.3 Å². The van der Waals surface area contributed by atoms with E-state index in [9.17, 15) is 19.1 Å². The normalized spacial score (nSPS) is 22.3. The Morgan fingerprint density at radius 1 is 1.39 bits per heavy atom. The molecule has 1 fully saturated rings. The van der Waals surface area contributed by atoms with Crippen molar-refractivity contribution in [2.75, 3.05) is 6.54 Å². The lowest BCUT2D eigenvalue weighted by Crippen LogP contribution is -2.41. The Balaban J connectivity index is 1.81. The minimum absolute atomic E-state index is 0.228. The number of aliphatic hydroxyl groups excluding tert-OH is 1. The lowest BCUT2D eigenvalue weighted by molar-refractivity contribution is -0.132. The van der Waals surface area contributed by atoms with E-state index in [2.05, 4.69) is 5.32 Å². The average Bonchev–Trinajstić information content (AvgIpc) is 3.12. The van der Waals surface area contributed by atoms with Gasteiger partial charge < -0.3 is 10.4 Å². The summed E-state index contributed by atoms with van der Waals surface area (Å²) in [5.41, 5.74) is -0.128. The van der Waals surface area contributed by atoms with Gasteiger partial charge in [0.25, 0.3) is 5.91 Å². The van der Waals surface area contributed by atoms with Gasteiger partial charge in [-0.1, -0.05) is 12.1 Å². The molecule has 2 heterocycles. The van der Waals surface area contributed by atoms with Crippen molar-refractivity contribution in [1.29, 1.82) is 0 Å². The number of thiophene rings is 1. The largest absolute Gasteiger partial charge is 0.387 e. The fourth-order valence-electron chi connectivity index (χ4n) is 2.60. The summed E-state index contributed by atoms with van der Waals surface area (Å²) in [7, 11) is 0. The average molecular weight is 334 g/mol. The van der Waals surface area contributed by atoms with Crippen molar-refractivity contribution in [2.24, 2.45) is 0 Å². The number of nitrogens with one attached hydrogen (secondary N) is 1. The van der Waals surface area contributed by atoms with E-state index in [0.717, 1.165) is 4.90 Å². The van der Waals surface area contributed by atoms with E-state index in [1.165, 1.54) is 29.5 Å². The molecule has 0 saturated carbocycles. The molecule has 5 nitrogen and oxygen atoms in total. The molecule has 0 bridgehead atoms. The maximum atomic E-state index is 13.2. The first-order chi connectivity index (χ1) is 10.9. The van der Waals surface area contributed by atoms with Crippen LogP contribution in [0.25, 0.3) is 0 Å². The highest BCUT2D eigenvalue weighted by Crippen LogP contribution is 2.31. The first-order valence-electron chi connectivity index (χ1n) is 7.02. The van der Waals surface area contributed by atoms with Gasteiger partial charge in [0.15, 0.2) is 0 Å². The molecule has 120 valence electrons. The third kappa shape index (κ3) is 2.73. The third-order valence-electron chi connectivity index (χ3n) is 3.96. The van der Waals surface area contributed by atoms with Crippen LogP contribution in [0.1, 0.15) is 24.2 Å². The van der Waals surface area contributed by atoms with Crippen molar-refractivity contribution in [3.05, 3.63) is 58.0 Å². The molecule has 1 aromatic carbocycles.